The molecular weight excluding hydrogens is 182 g/mol. The molecule has 0 spiro atoms. The molecule has 0 radical (unpaired) electrons. The Morgan fingerprint density at radius 3 is 2.86 bits per heavy atom. The highest BCUT2D eigenvalue weighted by Gasteiger charge is 2.04. The number of phenolic OH excluding ortho intramolecular Hbond substituents is 1. The minimum absolute atomic E-state index is 0.132. The molecule has 0 fully saturated rings. The van der Waals surface area contributed by atoms with Crippen molar-refractivity contribution in [1.82, 2.24) is 5.32 Å². The van der Waals surface area contributed by atoms with E-state index in [-0.39, 0.29) is 18.3 Å². The second-order valence-corrected chi connectivity index (χ2v) is 2.75. The first kappa shape index (κ1) is 10.3. The molecule has 0 aliphatic rings. The number of nitrogens with one attached hydrogen (secondary N) is 2. The average Bonchev–Trinajstić information content (AvgIpc) is 2.20. The van der Waals surface area contributed by atoms with Crippen LogP contribution in [0.2, 0.25) is 0 Å². The van der Waals surface area contributed by atoms with Crippen LogP contribution in [0, 0.1) is 0 Å². The molecule has 5 nitrogen and oxygen atoms in total. The van der Waals surface area contributed by atoms with E-state index < -0.39 is 0 Å². The SMILES string of the molecule is CNC(=O)Nc1ccc(O)cc1CN. The van der Waals surface area contributed by atoms with Crippen molar-refractivity contribution >= 4 is 11.7 Å². The summed E-state index contributed by atoms with van der Waals surface area (Å²) in [6, 6.07) is 4.30. The summed E-state index contributed by atoms with van der Waals surface area (Å²) in [5, 5.41) is 14.2. The highest BCUT2D eigenvalue weighted by Crippen LogP contribution is 2.20. The Labute approximate surface area is 81.9 Å². The summed E-state index contributed by atoms with van der Waals surface area (Å²) in [5.41, 5.74) is 6.74. The second kappa shape index (κ2) is 4.48. The maximum Gasteiger partial charge on any atom is 0.318 e. The summed E-state index contributed by atoms with van der Waals surface area (Å²) in [4.78, 5) is 11.0. The van der Waals surface area contributed by atoms with Gasteiger partial charge in [-0.2, -0.15) is 0 Å². The van der Waals surface area contributed by atoms with Crippen LogP contribution in [0.5, 0.6) is 5.75 Å². The molecule has 0 aliphatic heterocycles. The van der Waals surface area contributed by atoms with Gasteiger partial charge in [0, 0.05) is 19.3 Å². The number of hydrogen-bond acceptors (Lipinski definition) is 3. The summed E-state index contributed by atoms with van der Waals surface area (Å²) < 4.78 is 0. The summed E-state index contributed by atoms with van der Waals surface area (Å²) in [7, 11) is 1.53. The number of hydrogen-bond donors (Lipinski definition) is 4. The van der Waals surface area contributed by atoms with Gasteiger partial charge in [-0.25, -0.2) is 4.79 Å². The number of rotatable bonds is 2. The van der Waals surface area contributed by atoms with E-state index in [1.165, 1.54) is 19.2 Å². The van der Waals surface area contributed by atoms with Crippen LogP contribution in [0.1, 0.15) is 5.56 Å². The topological polar surface area (TPSA) is 87.4 Å². The second-order valence-electron chi connectivity index (χ2n) is 2.75. The van der Waals surface area contributed by atoms with Crippen molar-refractivity contribution < 1.29 is 9.90 Å². The Hall–Kier alpha value is -1.75. The number of anilines is 1. The molecule has 0 aromatic heterocycles. The van der Waals surface area contributed by atoms with Crippen molar-refractivity contribution in [3.05, 3.63) is 23.8 Å². The average molecular weight is 195 g/mol. The van der Waals surface area contributed by atoms with E-state index in [9.17, 15) is 9.90 Å². The smallest absolute Gasteiger partial charge is 0.318 e. The molecule has 5 heteroatoms. The molecular formula is C9H13N3O2. The third-order valence-corrected chi connectivity index (χ3v) is 1.78. The van der Waals surface area contributed by atoms with Crippen LogP contribution >= 0.6 is 0 Å². The number of benzene rings is 1. The molecule has 5 N–H and O–H groups in total. The molecule has 0 aliphatic carbocycles. The maximum atomic E-state index is 11.0. The van der Waals surface area contributed by atoms with Gasteiger partial charge in [0.1, 0.15) is 5.75 Å². The molecule has 0 unspecified atom stereocenters. The van der Waals surface area contributed by atoms with Crippen LogP contribution < -0.4 is 16.4 Å². The molecule has 0 atom stereocenters. The van der Waals surface area contributed by atoms with Crippen molar-refractivity contribution in [2.24, 2.45) is 5.73 Å². The summed E-state index contributed by atoms with van der Waals surface area (Å²) >= 11 is 0. The van der Waals surface area contributed by atoms with Crippen molar-refractivity contribution in [3.8, 4) is 5.75 Å². The van der Waals surface area contributed by atoms with Gasteiger partial charge in [0.15, 0.2) is 0 Å². The summed E-state index contributed by atoms with van der Waals surface area (Å²) in [5.74, 6) is 0.132. The van der Waals surface area contributed by atoms with Crippen LogP contribution in [-0.4, -0.2) is 18.2 Å². The van der Waals surface area contributed by atoms with Gasteiger partial charge >= 0.3 is 6.03 Å². The Morgan fingerprint density at radius 2 is 2.29 bits per heavy atom. The van der Waals surface area contributed by atoms with Crippen LogP contribution in [0.15, 0.2) is 18.2 Å². The lowest BCUT2D eigenvalue weighted by atomic mass is 10.1. The van der Waals surface area contributed by atoms with E-state index in [4.69, 9.17) is 5.73 Å². The number of amides is 2. The molecule has 1 aromatic rings. The van der Waals surface area contributed by atoms with Gasteiger partial charge in [0.25, 0.3) is 0 Å². The largest absolute Gasteiger partial charge is 0.508 e. The summed E-state index contributed by atoms with van der Waals surface area (Å²) in [6.45, 7) is 0.258. The zero-order valence-corrected chi connectivity index (χ0v) is 7.87. The molecule has 1 aromatic carbocycles. The third-order valence-electron chi connectivity index (χ3n) is 1.78. The first-order chi connectivity index (χ1) is 6.67. The predicted octanol–water partition coefficient (Wildman–Crippen LogP) is 0.602. The van der Waals surface area contributed by atoms with E-state index in [0.29, 0.717) is 11.3 Å². The van der Waals surface area contributed by atoms with Crippen molar-refractivity contribution in [2.45, 2.75) is 6.54 Å². The van der Waals surface area contributed by atoms with Gasteiger partial charge in [-0.05, 0) is 23.8 Å². The molecule has 14 heavy (non-hydrogen) atoms. The van der Waals surface area contributed by atoms with Crippen molar-refractivity contribution in [1.29, 1.82) is 0 Å². The van der Waals surface area contributed by atoms with Gasteiger partial charge < -0.3 is 21.5 Å². The van der Waals surface area contributed by atoms with Gasteiger partial charge in [-0.15, -0.1) is 0 Å². The first-order valence-corrected chi connectivity index (χ1v) is 4.18. The lowest BCUT2D eigenvalue weighted by molar-refractivity contribution is 0.254. The standard InChI is InChI=1S/C9H13N3O2/c1-11-9(14)12-8-3-2-7(13)4-6(8)5-10/h2-4,13H,5,10H2,1H3,(H2,11,12,14). The fraction of sp³-hybridized carbons (Fsp3) is 0.222. The number of carbonyl (C=O) groups is 1. The molecule has 0 heterocycles. The quantitative estimate of drug-likeness (QED) is 0.521. The molecule has 0 bridgehead atoms. The Kier molecular flexibility index (Phi) is 3.30. The molecule has 0 saturated carbocycles. The lowest BCUT2D eigenvalue weighted by Gasteiger charge is -2.09. The zero-order valence-electron chi connectivity index (χ0n) is 7.87. The fourth-order valence-corrected chi connectivity index (χ4v) is 1.06. The zero-order chi connectivity index (χ0) is 10.6. The molecule has 1 rings (SSSR count). The van der Waals surface area contributed by atoms with E-state index in [2.05, 4.69) is 10.6 Å². The first-order valence-electron chi connectivity index (χ1n) is 4.18. The van der Waals surface area contributed by atoms with Crippen LogP contribution in [0.4, 0.5) is 10.5 Å². The monoisotopic (exact) mass is 195 g/mol. The number of aromatic hydroxyl groups is 1. The third kappa shape index (κ3) is 2.37. The summed E-state index contributed by atoms with van der Waals surface area (Å²) in [6.07, 6.45) is 0. The Morgan fingerprint density at radius 1 is 1.57 bits per heavy atom. The van der Waals surface area contributed by atoms with Gasteiger partial charge in [-0.1, -0.05) is 0 Å². The van der Waals surface area contributed by atoms with E-state index >= 15 is 0 Å². The van der Waals surface area contributed by atoms with E-state index in [1.54, 1.807) is 6.07 Å². The van der Waals surface area contributed by atoms with Crippen molar-refractivity contribution in [2.75, 3.05) is 12.4 Å². The maximum absolute atomic E-state index is 11.0. The van der Waals surface area contributed by atoms with Gasteiger partial charge in [-0.3, -0.25) is 0 Å². The van der Waals surface area contributed by atoms with Crippen LogP contribution in [0.25, 0.3) is 0 Å². The number of urea groups is 1. The minimum Gasteiger partial charge on any atom is -0.508 e. The highest BCUT2D eigenvalue weighted by molar-refractivity contribution is 5.89. The number of carbonyl (C=O) groups excluding carboxylic acids is 1. The fourth-order valence-electron chi connectivity index (χ4n) is 1.06. The lowest BCUT2D eigenvalue weighted by Crippen LogP contribution is -2.25. The van der Waals surface area contributed by atoms with Crippen molar-refractivity contribution in [3.63, 3.8) is 0 Å². The van der Waals surface area contributed by atoms with Gasteiger partial charge in [0.2, 0.25) is 0 Å². The Balaban J connectivity index is 2.90. The van der Waals surface area contributed by atoms with Gasteiger partial charge in [0.05, 0.1) is 0 Å². The highest BCUT2D eigenvalue weighted by atomic mass is 16.3. The van der Waals surface area contributed by atoms with E-state index in [0.717, 1.165) is 0 Å². The molecule has 2 amide bonds. The Bertz CT molecular complexity index is 339. The van der Waals surface area contributed by atoms with Crippen LogP contribution in [-0.2, 0) is 6.54 Å². The number of nitrogens with two attached hydrogens (primary N) is 1. The molecule has 76 valence electrons. The minimum atomic E-state index is -0.314. The normalized spacial score (nSPS) is 9.57. The predicted molar refractivity (Wildman–Crippen MR) is 54.1 cm³/mol. The van der Waals surface area contributed by atoms with Crippen LogP contribution in [0.3, 0.4) is 0 Å². The van der Waals surface area contributed by atoms with E-state index in [1.807, 2.05) is 0 Å². The number of phenols is 1. The molecule has 0 saturated heterocycles.